The van der Waals surface area contributed by atoms with Gasteiger partial charge in [0.1, 0.15) is 0 Å². The van der Waals surface area contributed by atoms with Gasteiger partial charge < -0.3 is 19.9 Å². The summed E-state index contributed by atoms with van der Waals surface area (Å²) in [4.78, 5) is 11.4. The maximum atomic E-state index is 11.4. The third kappa shape index (κ3) is 5.71. The van der Waals surface area contributed by atoms with E-state index in [1.165, 1.54) is 0 Å². The summed E-state index contributed by atoms with van der Waals surface area (Å²) in [5.41, 5.74) is 1.13. The molecular formula is C19H31NO4. The number of aliphatic carboxylic acids is 1. The van der Waals surface area contributed by atoms with Crippen molar-refractivity contribution in [2.75, 3.05) is 20.8 Å². The zero-order chi connectivity index (χ0) is 18.3. The van der Waals surface area contributed by atoms with Gasteiger partial charge >= 0.3 is 5.97 Å². The van der Waals surface area contributed by atoms with Crippen LogP contribution < -0.4 is 14.8 Å². The lowest BCUT2D eigenvalue weighted by atomic mass is 9.92. The molecule has 136 valence electrons. The fraction of sp³-hybridized carbons (Fsp3) is 0.632. The summed E-state index contributed by atoms with van der Waals surface area (Å²) in [6.07, 6.45) is 0.680. The molecule has 0 bridgehead atoms. The predicted octanol–water partition coefficient (Wildman–Crippen LogP) is 3.53. The fourth-order valence-corrected chi connectivity index (χ4v) is 2.77. The molecule has 0 saturated carbocycles. The smallest absolute Gasteiger partial charge is 0.307 e. The van der Waals surface area contributed by atoms with E-state index < -0.39 is 5.97 Å². The lowest BCUT2D eigenvalue weighted by molar-refractivity contribution is -0.142. The highest BCUT2D eigenvalue weighted by atomic mass is 16.5. The van der Waals surface area contributed by atoms with E-state index in [9.17, 15) is 9.90 Å². The number of carbonyl (C=O) groups is 1. The van der Waals surface area contributed by atoms with Crippen molar-refractivity contribution in [3.05, 3.63) is 23.8 Å². The van der Waals surface area contributed by atoms with Crippen LogP contribution in [0.4, 0.5) is 0 Å². The molecule has 0 aliphatic carbocycles. The van der Waals surface area contributed by atoms with E-state index >= 15 is 0 Å². The molecule has 1 aromatic carbocycles. The lowest BCUT2D eigenvalue weighted by Gasteiger charge is -2.25. The molecule has 0 heterocycles. The molecule has 5 heteroatoms. The van der Waals surface area contributed by atoms with Gasteiger partial charge in [0.25, 0.3) is 0 Å². The quantitative estimate of drug-likeness (QED) is 0.683. The molecule has 24 heavy (non-hydrogen) atoms. The Bertz CT molecular complexity index is 530. The first-order chi connectivity index (χ1) is 11.3. The summed E-state index contributed by atoms with van der Waals surface area (Å²) in [5.74, 6) is 0.909. The molecule has 0 aromatic heterocycles. The summed E-state index contributed by atoms with van der Waals surface area (Å²) in [6.45, 7) is 8.77. The Morgan fingerprint density at radius 2 is 1.75 bits per heavy atom. The molecule has 0 aliphatic heterocycles. The Kier molecular flexibility index (Phi) is 8.05. The van der Waals surface area contributed by atoms with Gasteiger partial charge in [0.05, 0.1) is 20.1 Å². The molecule has 2 N–H and O–H groups in total. The molecule has 1 rings (SSSR count). The van der Waals surface area contributed by atoms with E-state index in [0.29, 0.717) is 30.4 Å². The average molecular weight is 337 g/mol. The Morgan fingerprint density at radius 3 is 2.25 bits per heavy atom. The van der Waals surface area contributed by atoms with Gasteiger partial charge in [-0.1, -0.05) is 26.8 Å². The van der Waals surface area contributed by atoms with Crippen LogP contribution in [0.1, 0.15) is 45.6 Å². The number of carboxylic acid groups (broad SMARTS) is 1. The molecule has 3 atom stereocenters. The summed E-state index contributed by atoms with van der Waals surface area (Å²) in [7, 11) is 3.24. The third-order valence-electron chi connectivity index (χ3n) is 4.47. The molecule has 0 radical (unpaired) electrons. The van der Waals surface area contributed by atoms with Crippen LogP contribution in [0.5, 0.6) is 11.5 Å². The molecule has 0 fully saturated rings. The number of nitrogens with one attached hydrogen (secondary N) is 1. The van der Waals surface area contributed by atoms with Crippen LogP contribution in [0.25, 0.3) is 0 Å². The monoisotopic (exact) mass is 337 g/mol. The number of hydrogen-bond acceptors (Lipinski definition) is 4. The van der Waals surface area contributed by atoms with E-state index in [-0.39, 0.29) is 17.9 Å². The summed E-state index contributed by atoms with van der Waals surface area (Å²) in [5, 5.41) is 12.7. The minimum Gasteiger partial charge on any atom is -0.493 e. The molecule has 0 amide bonds. The van der Waals surface area contributed by atoms with Crippen molar-refractivity contribution < 1.29 is 19.4 Å². The van der Waals surface area contributed by atoms with Crippen LogP contribution in [-0.2, 0) is 4.79 Å². The second-order valence-electron chi connectivity index (χ2n) is 6.76. The normalized spacial score (nSPS) is 15.0. The molecular weight excluding hydrogens is 306 g/mol. The SMILES string of the molecule is COc1ccc(C(C)C(C)NCC(CC(C)C)C(=O)O)cc1OC. The average Bonchev–Trinajstić information content (AvgIpc) is 2.56. The number of benzene rings is 1. The van der Waals surface area contributed by atoms with Crippen LogP contribution in [0, 0.1) is 11.8 Å². The van der Waals surface area contributed by atoms with Crippen molar-refractivity contribution in [3.8, 4) is 11.5 Å². The highest BCUT2D eigenvalue weighted by Crippen LogP contribution is 2.31. The number of methoxy groups -OCH3 is 2. The highest BCUT2D eigenvalue weighted by molar-refractivity contribution is 5.70. The molecule has 1 aromatic rings. The van der Waals surface area contributed by atoms with Crippen LogP contribution in [0.2, 0.25) is 0 Å². The second kappa shape index (κ2) is 9.52. The Hall–Kier alpha value is -1.75. The fourth-order valence-electron chi connectivity index (χ4n) is 2.77. The summed E-state index contributed by atoms with van der Waals surface area (Å²) >= 11 is 0. The standard InChI is InChI=1S/C19H31NO4/c1-12(2)9-16(19(21)22)11-20-14(4)13(3)15-7-8-17(23-5)18(10-15)24-6/h7-8,10,12-14,16,20H,9,11H2,1-6H3,(H,21,22). The van der Waals surface area contributed by atoms with E-state index in [2.05, 4.69) is 19.2 Å². The van der Waals surface area contributed by atoms with Crippen LogP contribution in [-0.4, -0.2) is 37.9 Å². The number of ether oxygens (including phenoxy) is 2. The van der Waals surface area contributed by atoms with Crippen molar-refractivity contribution in [2.45, 2.75) is 46.1 Å². The van der Waals surface area contributed by atoms with E-state index in [1.807, 2.05) is 32.0 Å². The second-order valence-corrected chi connectivity index (χ2v) is 6.76. The Labute approximate surface area is 145 Å². The van der Waals surface area contributed by atoms with Gasteiger partial charge in [0, 0.05) is 12.6 Å². The van der Waals surface area contributed by atoms with Gasteiger partial charge in [-0.3, -0.25) is 4.79 Å². The number of rotatable bonds is 10. The van der Waals surface area contributed by atoms with E-state index in [1.54, 1.807) is 14.2 Å². The number of hydrogen-bond donors (Lipinski definition) is 2. The number of carboxylic acids is 1. The Morgan fingerprint density at radius 1 is 1.12 bits per heavy atom. The van der Waals surface area contributed by atoms with E-state index in [4.69, 9.17) is 9.47 Å². The zero-order valence-corrected chi connectivity index (χ0v) is 15.6. The minimum atomic E-state index is -0.734. The van der Waals surface area contributed by atoms with E-state index in [0.717, 1.165) is 5.56 Å². The van der Waals surface area contributed by atoms with Crippen LogP contribution in [0.15, 0.2) is 18.2 Å². The van der Waals surface area contributed by atoms with Crippen molar-refractivity contribution in [2.24, 2.45) is 11.8 Å². The van der Waals surface area contributed by atoms with Gasteiger partial charge in [0.2, 0.25) is 0 Å². The Balaban J connectivity index is 2.73. The molecule has 0 aliphatic rings. The lowest BCUT2D eigenvalue weighted by Crippen LogP contribution is -2.37. The van der Waals surface area contributed by atoms with Crippen LogP contribution >= 0.6 is 0 Å². The van der Waals surface area contributed by atoms with Gasteiger partial charge in [0.15, 0.2) is 11.5 Å². The molecule has 0 saturated heterocycles. The molecule has 0 spiro atoms. The summed E-state index contributed by atoms with van der Waals surface area (Å²) < 4.78 is 10.6. The summed E-state index contributed by atoms with van der Waals surface area (Å²) in [6, 6.07) is 6.05. The first kappa shape index (κ1) is 20.3. The minimum absolute atomic E-state index is 0.150. The van der Waals surface area contributed by atoms with Gasteiger partial charge in [-0.15, -0.1) is 0 Å². The maximum Gasteiger partial charge on any atom is 0.307 e. The topological polar surface area (TPSA) is 67.8 Å². The maximum absolute atomic E-state index is 11.4. The largest absolute Gasteiger partial charge is 0.493 e. The van der Waals surface area contributed by atoms with Gasteiger partial charge in [-0.05, 0) is 42.9 Å². The van der Waals surface area contributed by atoms with Crippen molar-refractivity contribution in [1.82, 2.24) is 5.32 Å². The van der Waals surface area contributed by atoms with Gasteiger partial charge in [-0.25, -0.2) is 0 Å². The third-order valence-corrected chi connectivity index (χ3v) is 4.47. The molecule has 5 nitrogen and oxygen atoms in total. The zero-order valence-electron chi connectivity index (χ0n) is 15.6. The van der Waals surface area contributed by atoms with Crippen molar-refractivity contribution >= 4 is 5.97 Å². The first-order valence-corrected chi connectivity index (χ1v) is 8.48. The highest BCUT2D eigenvalue weighted by Gasteiger charge is 2.22. The van der Waals surface area contributed by atoms with Crippen LogP contribution in [0.3, 0.4) is 0 Å². The van der Waals surface area contributed by atoms with Crippen molar-refractivity contribution in [1.29, 1.82) is 0 Å². The van der Waals surface area contributed by atoms with Crippen molar-refractivity contribution in [3.63, 3.8) is 0 Å². The first-order valence-electron chi connectivity index (χ1n) is 8.48. The molecule has 3 unspecified atom stereocenters. The van der Waals surface area contributed by atoms with Gasteiger partial charge in [-0.2, -0.15) is 0 Å². The predicted molar refractivity (Wildman–Crippen MR) is 96.0 cm³/mol.